The van der Waals surface area contributed by atoms with Gasteiger partial charge in [-0.05, 0) is 61.3 Å². The van der Waals surface area contributed by atoms with Crippen LogP contribution in [-0.2, 0) is 17.9 Å². The van der Waals surface area contributed by atoms with Crippen LogP contribution in [0.4, 0.5) is 0 Å². The SMILES string of the molecule is CCN(CC)Cc1ccccc1CNC(=O)CNC(=O)c1ccc(C)c(C)c1. The van der Waals surface area contributed by atoms with E-state index >= 15 is 0 Å². The van der Waals surface area contributed by atoms with Gasteiger partial charge in [0.2, 0.25) is 5.91 Å². The molecule has 2 aromatic carbocycles. The first-order valence-electron chi connectivity index (χ1n) is 9.85. The van der Waals surface area contributed by atoms with Crippen LogP contribution < -0.4 is 10.6 Å². The van der Waals surface area contributed by atoms with Crippen molar-refractivity contribution in [2.45, 2.75) is 40.8 Å². The fraction of sp³-hybridized carbons (Fsp3) is 0.391. The summed E-state index contributed by atoms with van der Waals surface area (Å²) in [5.74, 6) is -0.435. The van der Waals surface area contributed by atoms with Crippen molar-refractivity contribution in [2.24, 2.45) is 0 Å². The third-order valence-corrected chi connectivity index (χ3v) is 5.06. The number of carbonyl (C=O) groups is 2. The number of benzene rings is 2. The van der Waals surface area contributed by atoms with Crippen molar-refractivity contribution < 1.29 is 9.59 Å². The molecule has 0 atom stereocenters. The van der Waals surface area contributed by atoms with Gasteiger partial charge in [0.25, 0.3) is 5.91 Å². The Labute approximate surface area is 168 Å². The number of hydrogen-bond donors (Lipinski definition) is 2. The lowest BCUT2D eigenvalue weighted by atomic mass is 10.1. The average Bonchev–Trinajstić information content (AvgIpc) is 2.71. The van der Waals surface area contributed by atoms with Gasteiger partial charge in [-0.15, -0.1) is 0 Å². The van der Waals surface area contributed by atoms with Gasteiger partial charge in [0.05, 0.1) is 6.54 Å². The molecule has 2 rings (SSSR count). The largest absolute Gasteiger partial charge is 0.350 e. The van der Waals surface area contributed by atoms with E-state index < -0.39 is 0 Å². The first-order valence-corrected chi connectivity index (χ1v) is 9.85. The number of nitrogens with zero attached hydrogens (tertiary/aromatic N) is 1. The molecule has 28 heavy (non-hydrogen) atoms. The molecule has 0 saturated carbocycles. The molecule has 150 valence electrons. The van der Waals surface area contributed by atoms with Gasteiger partial charge in [0, 0.05) is 18.7 Å². The minimum absolute atomic E-state index is 0.0377. The molecular formula is C23H31N3O2. The Balaban J connectivity index is 1.87. The molecule has 0 saturated heterocycles. The van der Waals surface area contributed by atoms with Gasteiger partial charge in [0.15, 0.2) is 0 Å². The van der Waals surface area contributed by atoms with Crippen LogP contribution in [0.15, 0.2) is 42.5 Å². The molecule has 0 unspecified atom stereocenters. The number of amides is 2. The van der Waals surface area contributed by atoms with Crippen LogP contribution in [0.3, 0.4) is 0 Å². The molecule has 0 bridgehead atoms. The summed E-state index contributed by atoms with van der Waals surface area (Å²) in [7, 11) is 0. The second-order valence-electron chi connectivity index (χ2n) is 6.99. The quantitative estimate of drug-likeness (QED) is 0.701. The summed E-state index contributed by atoms with van der Waals surface area (Å²) in [5, 5.41) is 5.59. The summed E-state index contributed by atoms with van der Waals surface area (Å²) >= 11 is 0. The van der Waals surface area contributed by atoms with E-state index in [-0.39, 0.29) is 18.4 Å². The lowest BCUT2D eigenvalue weighted by Crippen LogP contribution is -2.36. The first kappa shape index (κ1) is 21.6. The molecule has 0 radical (unpaired) electrons. The highest BCUT2D eigenvalue weighted by atomic mass is 16.2. The molecule has 2 amide bonds. The highest BCUT2D eigenvalue weighted by Crippen LogP contribution is 2.12. The number of aryl methyl sites for hydroxylation is 2. The number of rotatable bonds is 9. The summed E-state index contributed by atoms with van der Waals surface area (Å²) < 4.78 is 0. The molecule has 0 fully saturated rings. The number of carbonyl (C=O) groups excluding carboxylic acids is 2. The highest BCUT2D eigenvalue weighted by Gasteiger charge is 2.10. The monoisotopic (exact) mass is 381 g/mol. The van der Waals surface area contributed by atoms with Crippen LogP contribution in [-0.4, -0.2) is 36.3 Å². The highest BCUT2D eigenvalue weighted by molar-refractivity contribution is 5.96. The van der Waals surface area contributed by atoms with Crippen molar-refractivity contribution >= 4 is 11.8 Å². The van der Waals surface area contributed by atoms with E-state index in [1.54, 1.807) is 6.07 Å². The van der Waals surface area contributed by atoms with Gasteiger partial charge in [-0.25, -0.2) is 0 Å². The maximum Gasteiger partial charge on any atom is 0.251 e. The van der Waals surface area contributed by atoms with Crippen molar-refractivity contribution in [3.05, 3.63) is 70.3 Å². The maximum atomic E-state index is 12.2. The topological polar surface area (TPSA) is 61.4 Å². The van der Waals surface area contributed by atoms with E-state index in [1.165, 1.54) is 5.56 Å². The van der Waals surface area contributed by atoms with Crippen LogP contribution in [0.1, 0.15) is 46.5 Å². The zero-order valence-electron chi connectivity index (χ0n) is 17.3. The predicted molar refractivity (Wildman–Crippen MR) is 113 cm³/mol. The normalized spacial score (nSPS) is 10.8. The minimum atomic E-state index is -0.236. The molecule has 5 nitrogen and oxygen atoms in total. The Morgan fingerprint density at radius 3 is 2.21 bits per heavy atom. The summed E-state index contributed by atoms with van der Waals surface area (Å²) in [5.41, 5.74) is 5.08. The lowest BCUT2D eigenvalue weighted by Gasteiger charge is -2.20. The minimum Gasteiger partial charge on any atom is -0.350 e. The van der Waals surface area contributed by atoms with Crippen LogP contribution in [0.2, 0.25) is 0 Å². The van der Waals surface area contributed by atoms with Gasteiger partial charge in [-0.3, -0.25) is 14.5 Å². The van der Waals surface area contributed by atoms with Crippen molar-refractivity contribution in [1.82, 2.24) is 15.5 Å². The van der Waals surface area contributed by atoms with Crippen LogP contribution in [0.25, 0.3) is 0 Å². The molecule has 0 aromatic heterocycles. The third-order valence-electron chi connectivity index (χ3n) is 5.06. The number of nitrogens with one attached hydrogen (secondary N) is 2. The number of hydrogen-bond acceptors (Lipinski definition) is 3. The molecule has 0 heterocycles. The molecule has 0 aliphatic rings. The molecule has 0 aliphatic carbocycles. The van der Waals surface area contributed by atoms with Gasteiger partial charge in [0.1, 0.15) is 0 Å². The third kappa shape index (κ3) is 6.20. The summed E-state index contributed by atoms with van der Waals surface area (Å²) in [6, 6.07) is 13.7. The molecule has 0 aliphatic heterocycles. The van der Waals surface area contributed by atoms with Crippen LogP contribution in [0, 0.1) is 13.8 Å². The van der Waals surface area contributed by atoms with Gasteiger partial charge < -0.3 is 10.6 Å². The zero-order valence-corrected chi connectivity index (χ0v) is 17.3. The standard InChI is InChI=1S/C23H31N3O2/c1-5-26(6-2)16-21-10-8-7-9-20(21)14-24-22(27)15-25-23(28)19-12-11-17(3)18(4)13-19/h7-13H,5-6,14-16H2,1-4H3,(H,24,27)(H,25,28). The fourth-order valence-corrected chi connectivity index (χ4v) is 2.97. The van der Waals surface area contributed by atoms with Crippen molar-refractivity contribution in [3.63, 3.8) is 0 Å². The molecular weight excluding hydrogens is 350 g/mol. The van der Waals surface area contributed by atoms with Crippen molar-refractivity contribution in [1.29, 1.82) is 0 Å². The lowest BCUT2D eigenvalue weighted by molar-refractivity contribution is -0.120. The molecule has 5 heteroatoms. The van der Waals surface area contributed by atoms with Crippen molar-refractivity contribution in [3.8, 4) is 0 Å². The van der Waals surface area contributed by atoms with Crippen molar-refractivity contribution in [2.75, 3.05) is 19.6 Å². The van der Waals surface area contributed by atoms with E-state index in [0.29, 0.717) is 12.1 Å². The second-order valence-corrected chi connectivity index (χ2v) is 6.99. The van der Waals surface area contributed by atoms with Gasteiger partial charge >= 0.3 is 0 Å². The fourth-order valence-electron chi connectivity index (χ4n) is 2.97. The molecule has 0 spiro atoms. The first-order chi connectivity index (χ1) is 13.4. The summed E-state index contributed by atoms with van der Waals surface area (Å²) in [6.07, 6.45) is 0. The van der Waals surface area contributed by atoms with Crippen LogP contribution in [0.5, 0.6) is 0 Å². The van der Waals surface area contributed by atoms with E-state index in [1.807, 2.05) is 44.2 Å². The maximum absolute atomic E-state index is 12.2. The van der Waals surface area contributed by atoms with Gasteiger partial charge in [-0.1, -0.05) is 44.2 Å². The van der Waals surface area contributed by atoms with Gasteiger partial charge in [-0.2, -0.15) is 0 Å². The van der Waals surface area contributed by atoms with E-state index in [0.717, 1.165) is 36.3 Å². The Hall–Kier alpha value is -2.66. The summed E-state index contributed by atoms with van der Waals surface area (Å²) in [6.45, 7) is 11.5. The average molecular weight is 382 g/mol. The Morgan fingerprint density at radius 2 is 1.57 bits per heavy atom. The van der Waals surface area contributed by atoms with E-state index in [4.69, 9.17) is 0 Å². The molecule has 2 aromatic rings. The Bertz CT molecular complexity index is 813. The Morgan fingerprint density at radius 1 is 0.893 bits per heavy atom. The Kier molecular flexibility index (Phi) is 8.20. The smallest absolute Gasteiger partial charge is 0.251 e. The van der Waals surface area contributed by atoms with Crippen LogP contribution >= 0.6 is 0 Å². The zero-order chi connectivity index (χ0) is 20.5. The van der Waals surface area contributed by atoms with E-state index in [2.05, 4.69) is 35.4 Å². The molecule has 2 N–H and O–H groups in total. The summed E-state index contributed by atoms with van der Waals surface area (Å²) in [4.78, 5) is 26.8. The predicted octanol–water partition coefficient (Wildman–Crippen LogP) is 3.19. The van der Waals surface area contributed by atoms with E-state index in [9.17, 15) is 9.59 Å². The second kappa shape index (κ2) is 10.6.